The van der Waals surface area contributed by atoms with Gasteiger partial charge in [-0.3, -0.25) is 14.4 Å². The van der Waals surface area contributed by atoms with Crippen molar-refractivity contribution >= 4 is 17.8 Å². The Hall–Kier alpha value is -2.51. The molecule has 1 aromatic rings. The second-order valence-corrected chi connectivity index (χ2v) is 6.45. The van der Waals surface area contributed by atoms with Crippen molar-refractivity contribution in [3.63, 3.8) is 0 Å². The lowest BCUT2D eigenvalue weighted by Gasteiger charge is -2.33. The van der Waals surface area contributed by atoms with Crippen molar-refractivity contribution in [3.05, 3.63) is 35.4 Å². The number of aliphatic carboxylic acids is 1. The number of carbonyl (C=O) groups is 3. The molecule has 1 heterocycles. The highest BCUT2D eigenvalue weighted by Gasteiger charge is 2.30. The first-order valence-corrected chi connectivity index (χ1v) is 8.50. The van der Waals surface area contributed by atoms with Crippen LogP contribution in [-0.2, 0) is 9.59 Å². The van der Waals surface area contributed by atoms with E-state index < -0.39 is 23.5 Å². The third-order valence-corrected chi connectivity index (χ3v) is 4.55. The quantitative estimate of drug-likeness (QED) is 0.835. The molecule has 1 aliphatic rings. The summed E-state index contributed by atoms with van der Waals surface area (Å²) in [6.07, 6.45) is 1.31. The maximum atomic E-state index is 13.8. The molecule has 1 fully saturated rings. The van der Waals surface area contributed by atoms with Crippen LogP contribution in [0, 0.1) is 17.6 Å². The van der Waals surface area contributed by atoms with Crippen molar-refractivity contribution in [2.75, 3.05) is 26.7 Å². The smallest absolute Gasteiger partial charge is 0.303 e. The zero-order valence-electron chi connectivity index (χ0n) is 14.6. The average molecular weight is 368 g/mol. The summed E-state index contributed by atoms with van der Waals surface area (Å²) in [5.74, 6) is -3.36. The minimum Gasteiger partial charge on any atom is -0.481 e. The molecule has 1 N–H and O–H groups in total. The molecule has 0 atom stereocenters. The van der Waals surface area contributed by atoms with Gasteiger partial charge < -0.3 is 14.9 Å². The number of hydrogen-bond acceptors (Lipinski definition) is 3. The average Bonchev–Trinajstić information content (AvgIpc) is 2.60. The number of halogens is 2. The Bertz CT molecular complexity index is 688. The van der Waals surface area contributed by atoms with Gasteiger partial charge in [-0.15, -0.1) is 0 Å². The SMILES string of the molecule is CN(CCCC(=O)O)C(=O)C1CCN(C(=O)c2ccc(F)cc2F)CC1. The normalized spacial score (nSPS) is 15.0. The van der Waals surface area contributed by atoms with Gasteiger partial charge >= 0.3 is 5.97 Å². The van der Waals surface area contributed by atoms with Gasteiger partial charge in [0.1, 0.15) is 11.6 Å². The third kappa shape index (κ3) is 5.00. The summed E-state index contributed by atoms with van der Waals surface area (Å²) < 4.78 is 26.7. The van der Waals surface area contributed by atoms with E-state index >= 15 is 0 Å². The van der Waals surface area contributed by atoms with Crippen molar-refractivity contribution in [1.82, 2.24) is 9.80 Å². The number of likely N-dealkylation sites (tertiary alicyclic amines) is 1. The number of piperidine rings is 1. The number of benzene rings is 1. The van der Waals surface area contributed by atoms with Crippen LogP contribution in [0.1, 0.15) is 36.0 Å². The largest absolute Gasteiger partial charge is 0.481 e. The Morgan fingerprint density at radius 1 is 1.23 bits per heavy atom. The van der Waals surface area contributed by atoms with Crippen molar-refractivity contribution in [3.8, 4) is 0 Å². The molecule has 6 nitrogen and oxygen atoms in total. The van der Waals surface area contributed by atoms with Crippen LogP contribution in [0.25, 0.3) is 0 Å². The standard InChI is InChI=1S/C18H22F2N2O4/c1-21(8-2-3-16(23)24)17(25)12-6-9-22(10-7-12)18(26)14-5-4-13(19)11-15(14)20/h4-5,11-12H,2-3,6-10H2,1H3,(H,23,24). The van der Waals surface area contributed by atoms with Crippen LogP contribution < -0.4 is 0 Å². The van der Waals surface area contributed by atoms with Gasteiger partial charge in [-0.2, -0.15) is 0 Å². The summed E-state index contributed by atoms with van der Waals surface area (Å²) >= 11 is 0. The first-order valence-electron chi connectivity index (χ1n) is 8.50. The number of hydrogen-bond donors (Lipinski definition) is 1. The fourth-order valence-corrected chi connectivity index (χ4v) is 3.05. The Kier molecular flexibility index (Phi) is 6.65. The minimum atomic E-state index is -0.898. The molecule has 26 heavy (non-hydrogen) atoms. The Morgan fingerprint density at radius 3 is 2.46 bits per heavy atom. The maximum Gasteiger partial charge on any atom is 0.303 e. The van der Waals surface area contributed by atoms with Crippen molar-refractivity contribution in [1.29, 1.82) is 0 Å². The highest BCUT2D eigenvalue weighted by atomic mass is 19.1. The van der Waals surface area contributed by atoms with E-state index in [-0.39, 0.29) is 23.8 Å². The van der Waals surface area contributed by atoms with Crippen molar-refractivity contribution < 1.29 is 28.3 Å². The predicted octanol–water partition coefficient (Wildman–Crippen LogP) is 2.14. The van der Waals surface area contributed by atoms with E-state index in [1.54, 1.807) is 7.05 Å². The minimum absolute atomic E-state index is 0.00774. The van der Waals surface area contributed by atoms with E-state index in [4.69, 9.17) is 5.11 Å². The highest BCUT2D eigenvalue weighted by molar-refractivity contribution is 5.94. The zero-order chi connectivity index (χ0) is 19.3. The van der Waals surface area contributed by atoms with Crippen LogP contribution in [-0.4, -0.2) is 59.4 Å². The van der Waals surface area contributed by atoms with Crippen molar-refractivity contribution in [2.45, 2.75) is 25.7 Å². The molecule has 1 aromatic carbocycles. The van der Waals surface area contributed by atoms with Gasteiger partial charge in [-0.1, -0.05) is 0 Å². The van der Waals surface area contributed by atoms with Crippen LogP contribution in [0.4, 0.5) is 8.78 Å². The summed E-state index contributed by atoms with van der Waals surface area (Å²) in [5, 5.41) is 8.64. The molecule has 1 aliphatic heterocycles. The van der Waals surface area contributed by atoms with Gasteiger partial charge in [0.2, 0.25) is 5.91 Å². The van der Waals surface area contributed by atoms with Gasteiger partial charge in [0.15, 0.2) is 0 Å². The predicted molar refractivity (Wildman–Crippen MR) is 89.5 cm³/mol. The number of rotatable bonds is 6. The molecule has 1 saturated heterocycles. The molecule has 0 aliphatic carbocycles. The lowest BCUT2D eigenvalue weighted by molar-refractivity contribution is -0.139. The Labute approximate surface area is 150 Å². The van der Waals surface area contributed by atoms with Gasteiger partial charge in [0, 0.05) is 45.1 Å². The zero-order valence-corrected chi connectivity index (χ0v) is 14.6. The van der Waals surface area contributed by atoms with E-state index in [0.717, 1.165) is 12.1 Å². The summed E-state index contributed by atoms with van der Waals surface area (Å²) in [6.45, 7) is 0.995. The van der Waals surface area contributed by atoms with E-state index in [0.29, 0.717) is 45.0 Å². The second kappa shape index (κ2) is 8.73. The molecule has 2 rings (SSSR count). The molecule has 0 aromatic heterocycles. The number of carboxylic acid groups (broad SMARTS) is 1. The summed E-state index contributed by atoms with van der Waals surface area (Å²) in [7, 11) is 1.63. The number of carboxylic acids is 1. The van der Waals surface area contributed by atoms with Crippen LogP contribution >= 0.6 is 0 Å². The van der Waals surface area contributed by atoms with Crippen LogP contribution in [0.2, 0.25) is 0 Å². The second-order valence-electron chi connectivity index (χ2n) is 6.45. The molecule has 0 bridgehead atoms. The molecule has 0 spiro atoms. The van der Waals surface area contributed by atoms with E-state index in [9.17, 15) is 23.2 Å². The highest BCUT2D eigenvalue weighted by Crippen LogP contribution is 2.22. The van der Waals surface area contributed by atoms with E-state index in [1.807, 2.05) is 0 Å². The molecule has 2 amide bonds. The molecular formula is C18H22F2N2O4. The summed E-state index contributed by atoms with van der Waals surface area (Å²) in [6, 6.07) is 2.84. The summed E-state index contributed by atoms with van der Waals surface area (Å²) in [5.41, 5.74) is -0.179. The maximum absolute atomic E-state index is 13.8. The van der Waals surface area contributed by atoms with Crippen LogP contribution in [0.15, 0.2) is 18.2 Å². The molecule has 142 valence electrons. The van der Waals surface area contributed by atoms with Gasteiger partial charge in [0.05, 0.1) is 5.56 Å². The van der Waals surface area contributed by atoms with Gasteiger partial charge in [-0.05, 0) is 31.4 Å². The monoisotopic (exact) mass is 368 g/mol. The molecule has 0 radical (unpaired) electrons. The van der Waals surface area contributed by atoms with Crippen LogP contribution in [0.5, 0.6) is 0 Å². The lowest BCUT2D eigenvalue weighted by atomic mass is 9.94. The molecule has 0 saturated carbocycles. The van der Waals surface area contributed by atoms with Crippen LogP contribution in [0.3, 0.4) is 0 Å². The lowest BCUT2D eigenvalue weighted by Crippen LogP contribution is -2.43. The fourth-order valence-electron chi connectivity index (χ4n) is 3.05. The first kappa shape index (κ1) is 19.8. The molecule has 0 unspecified atom stereocenters. The van der Waals surface area contributed by atoms with Crippen molar-refractivity contribution in [2.24, 2.45) is 5.92 Å². The number of carbonyl (C=O) groups excluding carboxylic acids is 2. The molecule has 8 heteroatoms. The van der Waals surface area contributed by atoms with Gasteiger partial charge in [-0.25, -0.2) is 8.78 Å². The summed E-state index contributed by atoms with van der Waals surface area (Å²) in [4.78, 5) is 38.3. The van der Waals surface area contributed by atoms with E-state index in [1.165, 1.54) is 9.80 Å². The Morgan fingerprint density at radius 2 is 1.88 bits per heavy atom. The first-order chi connectivity index (χ1) is 12.3. The number of amides is 2. The number of nitrogens with zero attached hydrogens (tertiary/aromatic N) is 2. The third-order valence-electron chi connectivity index (χ3n) is 4.55. The topological polar surface area (TPSA) is 77.9 Å². The van der Waals surface area contributed by atoms with E-state index in [2.05, 4.69) is 0 Å². The molecular weight excluding hydrogens is 346 g/mol. The fraction of sp³-hybridized carbons (Fsp3) is 0.500. The van der Waals surface area contributed by atoms with Gasteiger partial charge in [0.25, 0.3) is 5.91 Å². The Balaban J connectivity index is 1.87.